The van der Waals surface area contributed by atoms with Crippen LogP contribution in [0.5, 0.6) is 0 Å². The summed E-state index contributed by atoms with van der Waals surface area (Å²) in [5, 5.41) is 7.13. The van der Waals surface area contributed by atoms with E-state index in [4.69, 9.17) is 63.1 Å². The monoisotopic (exact) mass is 262 g/mol. The third kappa shape index (κ3) is 34.5. The van der Waals surface area contributed by atoms with Gasteiger partial charge in [0.1, 0.15) is 0 Å². The van der Waals surface area contributed by atoms with E-state index in [9.17, 15) is 0 Å². The van der Waals surface area contributed by atoms with Gasteiger partial charge in [-0.25, -0.2) is 0 Å². The van der Waals surface area contributed by atoms with Crippen molar-refractivity contribution in [1.82, 2.24) is 0 Å². The Morgan fingerprint density at radius 1 is 1.00 bits per heavy atom. The summed E-state index contributed by atoms with van der Waals surface area (Å²) in [7, 11) is 1.00. The molecular weight excluding hydrogens is 253 g/mol. The van der Waals surface area contributed by atoms with Crippen molar-refractivity contribution in [2.45, 2.75) is 5.38 Å². The Balaban J connectivity index is -0.000000109. The fourth-order valence-electron chi connectivity index (χ4n) is 0.0412. The van der Waals surface area contributed by atoms with Gasteiger partial charge in [-0.1, -0.05) is 0 Å². The molecular formula is C5H11Cl5O. The van der Waals surface area contributed by atoms with Crippen molar-refractivity contribution in [2.24, 2.45) is 0 Å². The van der Waals surface area contributed by atoms with Crippen LogP contribution >= 0.6 is 58.0 Å². The Morgan fingerprint density at radius 2 is 1.18 bits per heavy atom. The number of aliphatic hydroxyl groups is 1. The molecule has 0 aliphatic heterocycles. The van der Waals surface area contributed by atoms with E-state index in [2.05, 4.69) is 0 Å². The Bertz CT molecular complexity index is 41.9. The van der Waals surface area contributed by atoms with E-state index in [1.165, 1.54) is 0 Å². The van der Waals surface area contributed by atoms with E-state index < -0.39 is 0 Å². The molecule has 0 aromatic heterocycles. The number of alkyl halides is 5. The standard InChI is InChI=1S/C3H5Cl3.CH2Cl2.CH4O/c4-1-3(6)2-5;2-1-3;1-2/h3H,1-2H2;1H2;2H,1H3. The van der Waals surface area contributed by atoms with Crippen LogP contribution in [-0.2, 0) is 0 Å². The minimum absolute atomic E-state index is 0.0617. The molecule has 72 valence electrons. The lowest BCUT2D eigenvalue weighted by molar-refractivity contribution is 0.399. The first-order valence-corrected chi connectivity index (χ1v) is 5.13. The lowest BCUT2D eigenvalue weighted by atomic mass is 10.6. The highest BCUT2D eigenvalue weighted by molar-refractivity contribution is 6.40. The molecule has 0 heterocycles. The number of rotatable bonds is 2. The van der Waals surface area contributed by atoms with E-state index in [1.807, 2.05) is 0 Å². The predicted molar refractivity (Wildman–Crippen MR) is 55.8 cm³/mol. The summed E-state index contributed by atoms with van der Waals surface area (Å²) in [4.78, 5) is 0. The quantitative estimate of drug-likeness (QED) is 0.760. The van der Waals surface area contributed by atoms with Crippen LogP contribution in [-0.4, -0.2) is 34.7 Å². The van der Waals surface area contributed by atoms with E-state index in [0.29, 0.717) is 11.8 Å². The van der Waals surface area contributed by atoms with Gasteiger partial charge < -0.3 is 5.11 Å². The van der Waals surface area contributed by atoms with Crippen LogP contribution < -0.4 is 0 Å². The molecule has 11 heavy (non-hydrogen) atoms. The molecule has 0 spiro atoms. The highest BCUT2D eigenvalue weighted by atomic mass is 35.5. The maximum Gasteiger partial charge on any atom is 0.0967 e. The third-order valence-electron chi connectivity index (χ3n) is 0.335. The fourth-order valence-corrected chi connectivity index (χ4v) is 0.371. The van der Waals surface area contributed by atoms with Gasteiger partial charge in [0, 0.05) is 18.9 Å². The lowest BCUT2D eigenvalue weighted by Gasteiger charge is -1.92. The smallest absolute Gasteiger partial charge is 0.0967 e. The average Bonchev–Trinajstić information content (AvgIpc) is 2.08. The van der Waals surface area contributed by atoms with E-state index in [1.54, 1.807) is 0 Å². The highest BCUT2D eigenvalue weighted by Crippen LogP contribution is 1.99. The van der Waals surface area contributed by atoms with Gasteiger partial charge in [0.25, 0.3) is 0 Å². The first-order chi connectivity index (χ1) is 5.22. The van der Waals surface area contributed by atoms with Crippen molar-refractivity contribution in [3.8, 4) is 0 Å². The number of hydrogen-bond acceptors (Lipinski definition) is 1. The van der Waals surface area contributed by atoms with Crippen LogP contribution in [0.25, 0.3) is 0 Å². The second kappa shape index (κ2) is 22.5. The van der Waals surface area contributed by atoms with Crippen molar-refractivity contribution in [3.05, 3.63) is 0 Å². The van der Waals surface area contributed by atoms with Crippen LogP contribution in [0.2, 0.25) is 0 Å². The van der Waals surface area contributed by atoms with Gasteiger partial charge in [-0.3, -0.25) is 0 Å². The Kier molecular flexibility index (Phi) is 37.4. The number of halogens is 5. The fraction of sp³-hybridized carbons (Fsp3) is 1.00. The Labute approximate surface area is 92.5 Å². The lowest BCUT2D eigenvalue weighted by Crippen LogP contribution is -1.99. The predicted octanol–water partition coefficient (Wildman–Crippen LogP) is 3.10. The van der Waals surface area contributed by atoms with E-state index >= 15 is 0 Å². The molecule has 0 atom stereocenters. The molecule has 1 nitrogen and oxygen atoms in total. The molecule has 0 fully saturated rings. The van der Waals surface area contributed by atoms with Crippen molar-refractivity contribution >= 4 is 58.0 Å². The molecule has 0 bridgehead atoms. The van der Waals surface area contributed by atoms with Crippen LogP contribution in [0.1, 0.15) is 0 Å². The summed E-state index contributed by atoms with van der Waals surface area (Å²) in [6.45, 7) is 0. The second-order valence-electron chi connectivity index (χ2n) is 1.01. The second-order valence-corrected chi connectivity index (χ2v) is 3.05. The molecule has 0 saturated carbocycles. The van der Waals surface area contributed by atoms with Gasteiger partial charge in [0.15, 0.2) is 0 Å². The van der Waals surface area contributed by atoms with Crippen molar-refractivity contribution < 1.29 is 5.11 Å². The number of hydrogen-bond donors (Lipinski definition) is 1. The van der Waals surface area contributed by atoms with Gasteiger partial charge in [0.05, 0.1) is 10.7 Å². The number of aliphatic hydroxyl groups excluding tert-OH is 1. The summed E-state index contributed by atoms with van der Waals surface area (Å²) in [6.07, 6.45) is 0. The van der Waals surface area contributed by atoms with Crippen LogP contribution in [0.3, 0.4) is 0 Å². The van der Waals surface area contributed by atoms with Gasteiger partial charge in [0.2, 0.25) is 0 Å². The van der Waals surface area contributed by atoms with E-state index in [-0.39, 0.29) is 10.7 Å². The third-order valence-corrected chi connectivity index (χ3v) is 1.70. The Morgan fingerprint density at radius 3 is 1.18 bits per heavy atom. The van der Waals surface area contributed by atoms with Gasteiger partial charge in [-0.2, -0.15) is 0 Å². The molecule has 0 rings (SSSR count). The summed E-state index contributed by atoms with van der Waals surface area (Å²) < 4.78 is 0. The summed E-state index contributed by atoms with van der Waals surface area (Å²) >= 11 is 25.4. The molecule has 0 aliphatic carbocycles. The van der Waals surface area contributed by atoms with Crippen molar-refractivity contribution in [3.63, 3.8) is 0 Å². The molecule has 0 aromatic carbocycles. The van der Waals surface area contributed by atoms with Crippen molar-refractivity contribution in [2.75, 3.05) is 24.2 Å². The maximum absolute atomic E-state index is 7.00. The average molecular weight is 264 g/mol. The molecule has 0 aromatic rings. The zero-order chi connectivity index (χ0) is 9.70. The zero-order valence-electron chi connectivity index (χ0n) is 6.04. The van der Waals surface area contributed by atoms with Crippen LogP contribution in [0.15, 0.2) is 0 Å². The normalized spacial score (nSPS) is 7.64. The molecule has 6 heteroatoms. The Hall–Kier alpha value is 1.41. The van der Waals surface area contributed by atoms with Gasteiger partial charge in [-0.15, -0.1) is 58.0 Å². The molecule has 0 radical (unpaired) electrons. The zero-order valence-corrected chi connectivity index (χ0v) is 9.82. The first-order valence-electron chi connectivity index (χ1n) is 2.55. The maximum atomic E-state index is 7.00. The van der Waals surface area contributed by atoms with E-state index in [0.717, 1.165) is 7.11 Å². The molecule has 0 aliphatic rings. The minimum Gasteiger partial charge on any atom is -0.400 e. The molecule has 0 saturated heterocycles. The SMILES string of the molecule is CO.ClCC(Cl)CCl.ClCCl. The van der Waals surface area contributed by atoms with Crippen molar-refractivity contribution in [1.29, 1.82) is 0 Å². The highest BCUT2D eigenvalue weighted by Gasteiger charge is 1.95. The van der Waals surface area contributed by atoms with Gasteiger partial charge in [-0.05, 0) is 0 Å². The molecule has 0 amide bonds. The van der Waals surface area contributed by atoms with Crippen LogP contribution in [0, 0.1) is 0 Å². The topological polar surface area (TPSA) is 20.2 Å². The molecule has 1 N–H and O–H groups in total. The molecule has 0 unspecified atom stereocenters. The van der Waals surface area contributed by atoms with Gasteiger partial charge >= 0.3 is 0 Å². The minimum atomic E-state index is -0.0617. The first kappa shape index (κ1) is 18.2. The van der Waals surface area contributed by atoms with Crippen LogP contribution in [0.4, 0.5) is 0 Å². The summed E-state index contributed by atoms with van der Waals surface area (Å²) in [5.41, 5.74) is 0. The summed E-state index contributed by atoms with van der Waals surface area (Å²) in [5.74, 6) is 0.871. The summed E-state index contributed by atoms with van der Waals surface area (Å²) in [6, 6.07) is 0. The largest absolute Gasteiger partial charge is 0.400 e.